The van der Waals surface area contributed by atoms with Crippen molar-refractivity contribution in [2.45, 2.75) is 44.9 Å². The van der Waals surface area contributed by atoms with Crippen LogP contribution < -0.4 is 17.2 Å². The molecule has 0 aromatic heterocycles. The zero-order valence-electron chi connectivity index (χ0n) is 21.4. The number of esters is 1. The highest BCUT2D eigenvalue weighted by Gasteiger charge is 2.24. The van der Waals surface area contributed by atoms with Crippen LogP contribution in [0.15, 0.2) is 17.1 Å². The van der Waals surface area contributed by atoms with Gasteiger partial charge in [0, 0.05) is 50.6 Å². The molecule has 0 unspecified atom stereocenters. The lowest BCUT2D eigenvalue weighted by atomic mass is 9.96. The summed E-state index contributed by atoms with van der Waals surface area (Å²) in [6.07, 6.45) is 4.16. The standard InChI is InChI=1S/C24H37N5O9/c25-23(35)17(3-1-10-28-24(26)27)5-6-19(31)15-37-14-13-36-12-2-4-18(30)16-38-22(34)9-11-29-20(32)7-8-21(29)33/h7-8,17H,1-6,9-16H2,(H2,25,35)(H4,26,27,28)/t17-/m1/s1. The van der Waals surface area contributed by atoms with Crippen molar-refractivity contribution >= 4 is 41.2 Å². The summed E-state index contributed by atoms with van der Waals surface area (Å²) in [5, 5.41) is 0. The number of hydrogen-bond acceptors (Lipinski definition) is 10. The summed E-state index contributed by atoms with van der Waals surface area (Å²) in [5.41, 5.74) is 15.9. The predicted molar refractivity (Wildman–Crippen MR) is 134 cm³/mol. The second-order valence-corrected chi connectivity index (χ2v) is 8.50. The molecule has 0 aliphatic carbocycles. The number of ether oxygens (including phenoxy) is 3. The van der Waals surface area contributed by atoms with Gasteiger partial charge in [-0.25, -0.2) is 0 Å². The van der Waals surface area contributed by atoms with Gasteiger partial charge >= 0.3 is 5.97 Å². The number of carbonyl (C=O) groups excluding carboxylic acids is 6. The Hall–Kier alpha value is -3.65. The van der Waals surface area contributed by atoms with E-state index in [1.165, 1.54) is 0 Å². The summed E-state index contributed by atoms with van der Waals surface area (Å²) in [4.78, 5) is 74.5. The fourth-order valence-electron chi connectivity index (χ4n) is 3.32. The lowest BCUT2D eigenvalue weighted by Crippen LogP contribution is -2.32. The highest BCUT2D eigenvalue weighted by atomic mass is 16.5. The van der Waals surface area contributed by atoms with E-state index in [1.54, 1.807) is 0 Å². The third-order valence-corrected chi connectivity index (χ3v) is 5.39. The number of carbonyl (C=O) groups is 6. The maximum Gasteiger partial charge on any atom is 0.308 e. The molecule has 1 rings (SSSR count). The zero-order valence-corrected chi connectivity index (χ0v) is 21.4. The number of rotatable bonds is 22. The maximum absolute atomic E-state index is 12.0. The van der Waals surface area contributed by atoms with Crippen LogP contribution in [0.1, 0.15) is 44.9 Å². The number of amides is 3. The summed E-state index contributed by atoms with van der Waals surface area (Å²) >= 11 is 0. The lowest BCUT2D eigenvalue weighted by molar-refractivity contribution is -0.149. The van der Waals surface area contributed by atoms with Gasteiger partial charge in [0.2, 0.25) is 5.91 Å². The fraction of sp³-hybridized carbons (Fsp3) is 0.625. The van der Waals surface area contributed by atoms with Crippen molar-refractivity contribution < 1.29 is 43.0 Å². The normalized spacial score (nSPS) is 13.4. The molecule has 14 heteroatoms. The predicted octanol–water partition coefficient (Wildman–Crippen LogP) is -1.27. The van der Waals surface area contributed by atoms with Gasteiger partial charge in [-0.2, -0.15) is 0 Å². The molecule has 0 aromatic carbocycles. The number of guanidine groups is 1. The number of primary amides is 1. The van der Waals surface area contributed by atoms with E-state index in [2.05, 4.69) is 4.99 Å². The molecular formula is C24H37N5O9. The molecule has 0 bridgehead atoms. The van der Waals surface area contributed by atoms with Crippen molar-refractivity contribution in [2.75, 3.05) is 46.1 Å². The molecule has 6 N–H and O–H groups in total. The average Bonchev–Trinajstić information content (AvgIpc) is 3.18. The van der Waals surface area contributed by atoms with Crippen molar-refractivity contribution in [3.05, 3.63) is 12.2 Å². The maximum atomic E-state index is 12.0. The Labute approximate surface area is 220 Å². The van der Waals surface area contributed by atoms with Crippen LogP contribution in [0.2, 0.25) is 0 Å². The number of ketones is 2. The lowest BCUT2D eigenvalue weighted by Gasteiger charge is -2.12. The van der Waals surface area contributed by atoms with E-state index in [4.69, 9.17) is 31.4 Å². The topological polar surface area (TPSA) is 224 Å². The van der Waals surface area contributed by atoms with Crippen molar-refractivity contribution in [1.29, 1.82) is 0 Å². The molecule has 3 amide bonds. The number of nitrogens with two attached hydrogens (primary N) is 3. The van der Waals surface area contributed by atoms with Gasteiger partial charge in [-0.3, -0.25) is 38.7 Å². The molecule has 1 aliphatic heterocycles. The quantitative estimate of drug-likeness (QED) is 0.0483. The molecular weight excluding hydrogens is 502 g/mol. The van der Waals surface area contributed by atoms with Crippen molar-refractivity contribution in [1.82, 2.24) is 4.90 Å². The van der Waals surface area contributed by atoms with Crippen molar-refractivity contribution in [3.63, 3.8) is 0 Å². The van der Waals surface area contributed by atoms with Crippen molar-refractivity contribution in [2.24, 2.45) is 28.1 Å². The van der Waals surface area contributed by atoms with E-state index in [1.807, 2.05) is 0 Å². The highest BCUT2D eigenvalue weighted by Crippen LogP contribution is 2.14. The third-order valence-electron chi connectivity index (χ3n) is 5.39. The van der Waals surface area contributed by atoms with Crippen LogP contribution >= 0.6 is 0 Å². The Morgan fingerprint density at radius 2 is 1.47 bits per heavy atom. The molecule has 0 saturated heterocycles. The summed E-state index contributed by atoms with van der Waals surface area (Å²) in [5.74, 6) is -3.03. The fourth-order valence-corrected chi connectivity index (χ4v) is 3.32. The monoisotopic (exact) mass is 539 g/mol. The molecule has 0 spiro atoms. The average molecular weight is 540 g/mol. The molecule has 1 aliphatic rings. The van der Waals surface area contributed by atoms with Crippen LogP contribution in [0, 0.1) is 5.92 Å². The SMILES string of the molecule is NC(=O)[C@H](CCCN=C(N)N)CCC(=O)COCCOCCCC(=O)COC(=O)CCN1C(=O)C=CC1=O. The first-order valence-corrected chi connectivity index (χ1v) is 12.3. The Balaban J connectivity index is 2.00. The van der Waals surface area contributed by atoms with Gasteiger partial charge in [-0.05, 0) is 25.7 Å². The van der Waals surface area contributed by atoms with Crippen LogP contribution in [0.4, 0.5) is 0 Å². The minimum Gasteiger partial charge on any atom is -0.458 e. The molecule has 1 atom stereocenters. The minimum atomic E-state index is -0.679. The molecule has 0 radical (unpaired) electrons. The van der Waals surface area contributed by atoms with Gasteiger partial charge in [-0.15, -0.1) is 0 Å². The first-order chi connectivity index (χ1) is 18.1. The first-order valence-electron chi connectivity index (χ1n) is 12.3. The summed E-state index contributed by atoms with van der Waals surface area (Å²) in [6.45, 7) is 0.481. The molecule has 0 saturated carbocycles. The Morgan fingerprint density at radius 1 is 0.816 bits per heavy atom. The van der Waals surface area contributed by atoms with Crippen molar-refractivity contribution in [3.8, 4) is 0 Å². The van der Waals surface area contributed by atoms with Crippen LogP contribution in [-0.2, 0) is 43.0 Å². The van der Waals surface area contributed by atoms with Crippen LogP contribution in [0.5, 0.6) is 0 Å². The van der Waals surface area contributed by atoms with Crippen LogP contribution in [0.25, 0.3) is 0 Å². The smallest absolute Gasteiger partial charge is 0.308 e. The van der Waals surface area contributed by atoms with E-state index in [9.17, 15) is 28.8 Å². The Kier molecular flexibility index (Phi) is 15.8. The summed E-state index contributed by atoms with van der Waals surface area (Å²) in [6, 6.07) is 0. The van der Waals surface area contributed by atoms with E-state index >= 15 is 0 Å². The van der Waals surface area contributed by atoms with Gasteiger partial charge in [-0.1, -0.05) is 0 Å². The molecule has 1 heterocycles. The van der Waals surface area contributed by atoms with Crippen LogP contribution in [0.3, 0.4) is 0 Å². The van der Waals surface area contributed by atoms with Crippen LogP contribution in [-0.4, -0.2) is 92.2 Å². The largest absolute Gasteiger partial charge is 0.458 e. The molecule has 212 valence electrons. The van der Waals surface area contributed by atoms with Gasteiger partial charge in [0.1, 0.15) is 13.2 Å². The highest BCUT2D eigenvalue weighted by molar-refractivity contribution is 6.13. The van der Waals surface area contributed by atoms with E-state index in [-0.39, 0.29) is 69.8 Å². The zero-order chi connectivity index (χ0) is 28.3. The second-order valence-electron chi connectivity index (χ2n) is 8.50. The Bertz CT molecular complexity index is 882. The Morgan fingerprint density at radius 3 is 2.13 bits per heavy atom. The molecule has 0 aromatic rings. The summed E-state index contributed by atoms with van der Waals surface area (Å²) < 4.78 is 15.5. The number of nitrogens with zero attached hydrogens (tertiary/aromatic N) is 2. The number of hydrogen-bond donors (Lipinski definition) is 3. The summed E-state index contributed by atoms with van der Waals surface area (Å²) in [7, 11) is 0. The number of imide groups is 1. The van der Waals surface area contributed by atoms with Gasteiger partial charge in [0.25, 0.3) is 11.8 Å². The van der Waals surface area contributed by atoms with Gasteiger partial charge in [0.05, 0.1) is 19.6 Å². The van der Waals surface area contributed by atoms with Gasteiger partial charge < -0.3 is 31.4 Å². The van der Waals surface area contributed by atoms with Gasteiger partial charge in [0.15, 0.2) is 17.5 Å². The molecule has 14 nitrogen and oxygen atoms in total. The third kappa shape index (κ3) is 14.8. The van der Waals surface area contributed by atoms with E-state index in [0.29, 0.717) is 32.2 Å². The molecule has 0 fully saturated rings. The first kappa shape index (κ1) is 32.4. The second kappa shape index (κ2) is 18.6. The number of Topliss-reactive ketones (excluding diaryl/α,β-unsaturated/α-hetero) is 2. The van der Waals surface area contributed by atoms with E-state index < -0.39 is 36.2 Å². The minimum absolute atomic E-state index is 0.0209. The number of aliphatic imine (C=N–C) groups is 1. The van der Waals surface area contributed by atoms with E-state index in [0.717, 1.165) is 17.1 Å². The molecule has 38 heavy (non-hydrogen) atoms.